The summed E-state index contributed by atoms with van der Waals surface area (Å²) in [5.74, 6) is -0.903. The van der Waals surface area contributed by atoms with Crippen molar-refractivity contribution in [2.75, 3.05) is 11.5 Å². The predicted octanol–water partition coefficient (Wildman–Crippen LogP) is 4.76. The lowest BCUT2D eigenvalue weighted by Gasteiger charge is -2.29. The highest BCUT2D eigenvalue weighted by atomic mass is 35.5. The van der Waals surface area contributed by atoms with E-state index in [1.807, 2.05) is 0 Å². The van der Waals surface area contributed by atoms with Crippen LogP contribution < -0.4 is 5.32 Å². The Morgan fingerprint density at radius 2 is 1.73 bits per heavy atom. The van der Waals surface area contributed by atoms with E-state index in [0.29, 0.717) is 0 Å². The fraction of sp³-hybridized carbons (Fsp3) is 0.300. The number of halogens is 6. The quantitative estimate of drug-likeness (QED) is 0.605. The number of amides is 1. The third-order valence-electron chi connectivity index (χ3n) is 5.31. The first kappa shape index (κ1) is 24.1. The molecule has 2 aromatic rings. The number of carbonyl (C=O) groups is 1. The third-order valence-corrected chi connectivity index (χ3v) is 7.88. The molecular weight excluding hydrogens is 528 g/mol. The second-order valence-corrected chi connectivity index (χ2v) is 11.2. The molecule has 2 aromatic carbocycles. The van der Waals surface area contributed by atoms with Gasteiger partial charge in [-0.25, -0.2) is 8.42 Å². The van der Waals surface area contributed by atoms with E-state index in [0.717, 1.165) is 12.1 Å². The van der Waals surface area contributed by atoms with E-state index < -0.39 is 40.0 Å². The molecule has 2 aliphatic rings. The molecule has 2 aliphatic heterocycles. The lowest BCUT2D eigenvalue weighted by Crippen LogP contribution is -2.52. The molecule has 0 saturated carbocycles. The maximum absolute atomic E-state index is 14.1. The monoisotopic (exact) mass is 540 g/mol. The zero-order valence-electron chi connectivity index (χ0n) is 16.4. The minimum atomic E-state index is -4.85. The second-order valence-electron chi connectivity index (χ2n) is 7.73. The van der Waals surface area contributed by atoms with Crippen LogP contribution in [0.1, 0.15) is 27.9 Å². The Kier molecular flexibility index (Phi) is 6.09. The van der Waals surface area contributed by atoms with Gasteiger partial charge in [-0.2, -0.15) is 13.2 Å². The summed E-state index contributed by atoms with van der Waals surface area (Å²) in [7, 11) is -3.12. The molecule has 0 aliphatic carbocycles. The van der Waals surface area contributed by atoms with Crippen molar-refractivity contribution >= 4 is 56.3 Å². The van der Waals surface area contributed by atoms with E-state index in [4.69, 9.17) is 39.6 Å². The maximum Gasteiger partial charge on any atom is 0.435 e. The summed E-state index contributed by atoms with van der Waals surface area (Å²) in [6.45, 7) is 0. The summed E-state index contributed by atoms with van der Waals surface area (Å²) in [5, 5.41) is 6.18. The molecule has 2 heterocycles. The number of carbonyl (C=O) groups excluding carboxylic acids is 1. The summed E-state index contributed by atoms with van der Waals surface area (Å²) in [4.78, 5) is 17.3. The molecule has 13 heteroatoms. The summed E-state index contributed by atoms with van der Waals surface area (Å²) in [6.07, 6.45) is -5.52. The van der Waals surface area contributed by atoms with Gasteiger partial charge in [-0.05, 0) is 30.3 Å². The molecular formula is C20H14Cl3F3N2O4S. The Morgan fingerprint density at radius 1 is 1.09 bits per heavy atom. The normalized spacial score (nSPS) is 22.3. The van der Waals surface area contributed by atoms with Gasteiger partial charge in [0.05, 0.1) is 33.8 Å². The van der Waals surface area contributed by atoms with Crippen molar-refractivity contribution in [1.82, 2.24) is 5.32 Å². The van der Waals surface area contributed by atoms with Crippen LogP contribution in [0.3, 0.4) is 0 Å². The van der Waals surface area contributed by atoms with Crippen LogP contribution >= 0.6 is 34.8 Å². The van der Waals surface area contributed by atoms with Crippen LogP contribution in [0.4, 0.5) is 13.2 Å². The van der Waals surface area contributed by atoms with E-state index in [1.54, 1.807) is 0 Å². The zero-order chi connectivity index (χ0) is 24.2. The number of nitrogens with one attached hydrogen (secondary N) is 1. The summed E-state index contributed by atoms with van der Waals surface area (Å²) >= 11 is 18.0. The Bertz CT molecular complexity index is 1250. The first-order valence-electron chi connectivity index (χ1n) is 9.39. The van der Waals surface area contributed by atoms with Gasteiger partial charge in [0.1, 0.15) is 0 Å². The van der Waals surface area contributed by atoms with Crippen LogP contribution in [0, 0.1) is 0 Å². The van der Waals surface area contributed by atoms with Crippen molar-refractivity contribution in [2.45, 2.75) is 24.2 Å². The molecule has 33 heavy (non-hydrogen) atoms. The van der Waals surface area contributed by atoms with Gasteiger partial charge in [-0.3, -0.25) is 4.79 Å². The average molecular weight is 542 g/mol. The highest BCUT2D eigenvalue weighted by molar-refractivity contribution is 7.92. The summed E-state index contributed by atoms with van der Waals surface area (Å²) < 4.78 is 64.8. The number of hydrogen-bond donors (Lipinski definition) is 1. The summed E-state index contributed by atoms with van der Waals surface area (Å²) in [6, 6.07) is 7.03. The van der Waals surface area contributed by atoms with Gasteiger partial charge in [0, 0.05) is 27.6 Å². The first-order valence-corrected chi connectivity index (χ1v) is 12.3. The Labute approximate surface area is 201 Å². The van der Waals surface area contributed by atoms with Crippen LogP contribution in [0.5, 0.6) is 0 Å². The number of rotatable bonds is 4. The minimum Gasteiger partial charge on any atom is -0.374 e. The Hall–Kier alpha value is -2.01. The van der Waals surface area contributed by atoms with Gasteiger partial charge < -0.3 is 10.2 Å². The molecule has 0 aromatic heterocycles. The van der Waals surface area contributed by atoms with Gasteiger partial charge in [0.15, 0.2) is 9.84 Å². The molecule has 6 nitrogen and oxygen atoms in total. The highest BCUT2D eigenvalue weighted by Gasteiger charge is 2.62. The Balaban J connectivity index is 1.57. The zero-order valence-corrected chi connectivity index (χ0v) is 19.5. The van der Waals surface area contributed by atoms with Crippen molar-refractivity contribution in [1.29, 1.82) is 0 Å². The number of benzene rings is 2. The van der Waals surface area contributed by atoms with Gasteiger partial charge in [0.2, 0.25) is 0 Å². The number of nitrogens with zero attached hydrogens (tertiary/aromatic N) is 1. The molecule has 176 valence electrons. The molecule has 1 atom stereocenters. The second kappa shape index (κ2) is 8.33. The van der Waals surface area contributed by atoms with Gasteiger partial charge in [-0.15, -0.1) is 0 Å². The van der Waals surface area contributed by atoms with Crippen LogP contribution in [0.15, 0.2) is 41.6 Å². The number of hydrogen-bond acceptors (Lipinski definition) is 5. The van der Waals surface area contributed by atoms with Crippen LogP contribution in [0.25, 0.3) is 0 Å². The SMILES string of the molecule is O=C(NC1CS(=O)(=O)C1)c1ccc(C2=NOC(c3cc(Cl)cc(Cl)c3)(C(F)(F)F)C2)cc1Cl. The van der Waals surface area contributed by atoms with Gasteiger partial charge in [-0.1, -0.05) is 46.0 Å². The van der Waals surface area contributed by atoms with Crippen molar-refractivity contribution in [3.8, 4) is 0 Å². The van der Waals surface area contributed by atoms with Crippen LogP contribution in [-0.2, 0) is 20.3 Å². The fourth-order valence-electron chi connectivity index (χ4n) is 3.64. The molecule has 0 bridgehead atoms. The minimum absolute atomic E-state index is 0.0100. The number of alkyl halides is 3. The molecule has 1 unspecified atom stereocenters. The first-order chi connectivity index (χ1) is 15.3. The van der Waals surface area contributed by atoms with Crippen LogP contribution in [-0.4, -0.2) is 43.8 Å². The third kappa shape index (κ3) is 4.66. The van der Waals surface area contributed by atoms with Crippen molar-refractivity contribution in [3.05, 3.63) is 68.2 Å². The molecule has 1 saturated heterocycles. The van der Waals surface area contributed by atoms with Crippen molar-refractivity contribution in [3.63, 3.8) is 0 Å². The standard InChI is InChI=1S/C20H14Cl3F3N2O4S/c21-12-4-11(5-13(22)6-12)19(20(24,25)26)7-17(28-32-19)10-1-2-15(16(23)3-10)18(29)27-14-8-33(30,31)9-14/h1-6,14H,7-9H2,(H,27,29). The van der Waals surface area contributed by atoms with Gasteiger partial charge >= 0.3 is 6.18 Å². The molecule has 0 radical (unpaired) electrons. The lowest BCUT2D eigenvalue weighted by atomic mass is 9.86. The Morgan fingerprint density at radius 3 is 2.27 bits per heavy atom. The smallest absolute Gasteiger partial charge is 0.374 e. The van der Waals surface area contributed by atoms with Crippen LogP contribution in [0.2, 0.25) is 15.1 Å². The summed E-state index contributed by atoms with van der Waals surface area (Å²) in [5.41, 5.74) is -2.86. The highest BCUT2D eigenvalue weighted by Crippen LogP contribution is 2.49. The number of oxime groups is 1. The average Bonchev–Trinajstić information content (AvgIpc) is 3.12. The number of sulfone groups is 1. The van der Waals surface area contributed by atoms with E-state index in [1.165, 1.54) is 24.3 Å². The fourth-order valence-corrected chi connectivity index (χ4v) is 5.72. The molecule has 4 rings (SSSR count). The lowest BCUT2D eigenvalue weighted by molar-refractivity contribution is -0.275. The molecule has 1 fully saturated rings. The maximum atomic E-state index is 14.1. The largest absolute Gasteiger partial charge is 0.435 e. The van der Waals surface area contributed by atoms with E-state index in [9.17, 15) is 26.4 Å². The predicted molar refractivity (Wildman–Crippen MR) is 118 cm³/mol. The topological polar surface area (TPSA) is 84.8 Å². The van der Waals surface area contributed by atoms with Crippen molar-refractivity contribution < 1.29 is 31.2 Å². The van der Waals surface area contributed by atoms with E-state index in [2.05, 4.69) is 10.5 Å². The van der Waals surface area contributed by atoms with Gasteiger partial charge in [0.25, 0.3) is 11.5 Å². The molecule has 1 N–H and O–H groups in total. The van der Waals surface area contributed by atoms with E-state index >= 15 is 0 Å². The van der Waals surface area contributed by atoms with Crippen molar-refractivity contribution in [2.24, 2.45) is 5.16 Å². The molecule has 0 spiro atoms. The van der Waals surface area contributed by atoms with E-state index in [-0.39, 0.29) is 49.0 Å². The molecule has 1 amide bonds.